The van der Waals surface area contributed by atoms with Crippen LogP contribution in [0.5, 0.6) is 23.0 Å². The minimum atomic E-state index is -0.733. The van der Waals surface area contributed by atoms with Gasteiger partial charge in [-0.2, -0.15) is 0 Å². The molecule has 0 bridgehead atoms. The number of aliphatic hydroxyl groups is 1. The molecule has 2 atom stereocenters. The summed E-state index contributed by atoms with van der Waals surface area (Å²) in [5.74, 6) is 2.85. The van der Waals surface area contributed by atoms with Crippen molar-refractivity contribution < 1.29 is 24.1 Å². The van der Waals surface area contributed by atoms with Crippen molar-refractivity contribution in [3.05, 3.63) is 45.4 Å². The molecule has 0 aromatic heterocycles. The monoisotopic (exact) mass is 419 g/mol. The third-order valence-corrected chi connectivity index (χ3v) is 6.11. The lowest BCUT2D eigenvalue weighted by atomic mass is 9.86. The highest BCUT2D eigenvalue weighted by Crippen LogP contribution is 2.48. The molecule has 0 fully saturated rings. The fourth-order valence-electron chi connectivity index (χ4n) is 3.93. The Bertz CT molecular complexity index is 887. The summed E-state index contributed by atoms with van der Waals surface area (Å²) in [6.07, 6.45) is 0.178. The molecule has 6 nitrogen and oxygen atoms in total. The van der Waals surface area contributed by atoms with Crippen molar-refractivity contribution in [1.82, 2.24) is 4.90 Å². The van der Waals surface area contributed by atoms with Crippen LogP contribution in [0.4, 0.5) is 0 Å². The summed E-state index contributed by atoms with van der Waals surface area (Å²) < 4.78 is 22.7. The van der Waals surface area contributed by atoms with Crippen LogP contribution in [0.3, 0.4) is 0 Å². The molecule has 0 saturated heterocycles. The van der Waals surface area contributed by atoms with E-state index in [-0.39, 0.29) is 19.6 Å². The number of likely N-dealkylation sites (N-methyl/N-ethyl adjacent to an activating group) is 1. The summed E-state index contributed by atoms with van der Waals surface area (Å²) in [6, 6.07) is 7.58. The smallest absolute Gasteiger partial charge is 0.231 e. The summed E-state index contributed by atoms with van der Waals surface area (Å²) in [4.78, 5) is 2.17. The van der Waals surface area contributed by atoms with Crippen LogP contribution in [0, 0.1) is 0 Å². The van der Waals surface area contributed by atoms with Gasteiger partial charge in [0.25, 0.3) is 0 Å². The molecular formula is C19H18BrNO5. The number of fused-ring (bicyclic) bond motifs is 3. The van der Waals surface area contributed by atoms with E-state index in [1.165, 1.54) is 5.56 Å². The zero-order chi connectivity index (χ0) is 17.8. The minimum Gasteiger partial charge on any atom is -0.454 e. The third-order valence-electron chi connectivity index (χ3n) is 5.29. The maximum atomic E-state index is 11.3. The van der Waals surface area contributed by atoms with Crippen molar-refractivity contribution in [3.63, 3.8) is 0 Å². The van der Waals surface area contributed by atoms with Crippen molar-refractivity contribution in [1.29, 1.82) is 0 Å². The van der Waals surface area contributed by atoms with E-state index >= 15 is 0 Å². The Hall–Kier alpha value is -1.96. The van der Waals surface area contributed by atoms with Gasteiger partial charge in [-0.15, -0.1) is 0 Å². The molecule has 0 aliphatic carbocycles. The fourth-order valence-corrected chi connectivity index (χ4v) is 4.60. The van der Waals surface area contributed by atoms with Gasteiger partial charge in [-0.25, -0.2) is 0 Å². The van der Waals surface area contributed by atoms with Crippen LogP contribution in [-0.2, 0) is 6.42 Å². The van der Waals surface area contributed by atoms with Gasteiger partial charge in [-0.1, -0.05) is 6.07 Å². The van der Waals surface area contributed by atoms with E-state index in [1.54, 1.807) is 0 Å². The van der Waals surface area contributed by atoms with Crippen LogP contribution in [0.25, 0.3) is 0 Å². The first-order valence-electron chi connectivity index (χ1n) is 8.52. The SMILES string of the molecule is CN1CCc2cc3c(cc2[C@@H]1[C@H](O)c1ccc2c(c1Br)OCO2)OCO3. The topological polar surface area (TPSA) is 60.4 Å². The molecule has 2 aromatic carbocycles. The number of ether oxygens (including phenoxy) is 4. The van der Waals surface area contributed by atoms with Crippen LogP contribution in [0.2, 0.25) is 0 Å². The molecule has 0 spiro atoms. The summed E-state index contributed by atoms with van der Waals surface area (Å²) in [7, 11) is 2.03. The molecule has 0 saturated carbocycles. The molecule has 3 heterocycles. The lowest BCUT2D eigenvalue weighted by molar-refractivity contribution is 0.0553. The van der Waals surface area contributed by atoms with Gasteiger partial charge in [0.15, 0.2) is 23.0 Å². The zero-order valence-electron chi connectivity index (χ0n) is 14.2. The minimum absolute atomic E-state index is 0.190. The fraction of sp³-hybridized carbons (Fsp3) is 0.368. The lowest BCUT2D eigenvalue weighted by Crippen LogP contribution is -2.36. The number of aliphatic hydroxyl groups excluding tert-OH is 1. The molecule has 136 valence electrons. The van der Waals surface area contributed by atoms with Gasteiger partial charge >= 0.3 is 0 Å². The van der Waals surface area contributed by atoms with Crippen molar-refractivity contribution >= 4 is 15.9 Å². The number of hydrogen-bond donors (Lipinski definition) is 1. The molecule has 3 aliphatic rings. The number of nitrogens with zero attached hydrogens (tertiary/aromatic N) is 1. The molecule has 5 rings (SSSR count). The summed E-state index contributed by atoms with van der Waals surface area (Å²) in [5, 5.41) is 11.3. The van der Waals surface area contributed by atoms with Crippen LogP contribution in [0.1, 0.15) is 28.8 Å². The first-order valence-corrected chi connectivity index (χ1v) is 9.31. The molecule has 0 amide bonds. The second kappa shape index (κ2) is 6.04. The lowest BCUT2D eigenvalue weighted by Gasteiger charge is -2.38. The Balaban J connectivity index is 1.58. The highest BCUT2D eigenvalue weighted by molar-refractivity contribution is 9.10. The zero-order valence-corrected chi connectivity index (χ0v) is 15.8. The Morgan fingerprint density at radius 1 is 1.08 bits per heavy atom. The van der Waals surface area contributed by atoms with Gasteiger partial charge in [0.1, 0.15) is 0 Å². The summed E-state index contributed by atoms with van der Waals surface area (Å²) >= 11 is 3.58. The van der Waals surface area contributed by atoms with E-state index < -0.39 is 6.10 Å². The Morgan fingerprint density at radius 3 is 2.65 bits per heavy atom. The summed E-state index contributed by atoms with van der Waals surface area (Å²) in [6.45, 7) is 1.30. The molecule has 7 heteroatoms. The van der Waals surface area contributed by atoms with Crippen LogP contribution < -0.4 is 18.9 Å². The van der Waals surface area contributed by atoms with E-state index in [0.29, 0.717) is 11.5 Å². The predicted molar refractivity (Wildman–Crippen MR) is 96.9 cm³/mol. The largest absolute Gasteiger partial charge is 0.454 e. The highest BCUT2D eigenvalue weighted by atomic mass is 79.9. The molecule has 0 radical (unpaired) electrons. The summed E-state index contributed by atoms with van der Waals surface area (Å²) in [5.41, 5.74) is 3.03. The van der Waals surface area contributed by atoms with Crippen molar-refractivity contribution in [2.24, 2.45) is 0 Å². The first kappa shape index (κ1) is 16.2. The molecule has 26 heavy (non-hydrogen) atoms. The predicted octanol–water partition coefficient (Wildman–Crippen LogP) is 3.17. The average molecular weight is 420 g/mol. The molecular weight excluding hydrogens is 402 g/mol. The van der Waals surface area contributed by atoms with Gasteiger partial charge < -0.3 is 24.1 Å². The third kappa shape index (κ3) is 2.38. The van der Waals surface area contributed by atoms with Gasteiger partial charge in [-0.05, 0) is 58.7 Å². The Kier molecular flexibility index (Phi) is 3.77. The second-order valence-electron chi connectivity index (χ2n) is 6.73. The molecule has 1 N–H and O–H groups in total. The maximum absolute atomic E-state index is 11.3. The van der Waals surface area contributed by atoms with Crippen molar-refractivity contribution in [2.75, 3.05) is 27.2 Å². The van der Waals surface area contributed by atoms with Crippen molar-refractivity contribution in [3.8, 4) is 23.0 Å². The second-order valence-corrected chi connectivity index (χ2v) is 7.52. The number of hydrogen-bond acceptors (Lipinski definition) is 6. The van der Waals surface area contributed by atoms with E-state index in [0.717, 1.165) is 40.1 Å². The number of rotatable bonds is 2. The molecule has 2 aromatic rings. The van der Waals surface area contributed by atoms with E-state index in [4.69, 9.17) is 18.9 Å². The van der Waals surface area contributed by atoms with Gasteiger partial charge in [0, 0.05) is 12.1 Å². The average Bonchev–Trinajstić information content (AvgIpc) is 3.28. The van der Waals surface area contributed by atoms with E-state index in [1.807, 2.05) is 31.3 Å². The normalized spacial score (nSPS) is 21.6. The van der Waals surface area contributed by atoms with E-state index in [2.05, 4.69) is 20.8 Å². The van der Waals surface area contributed by atoms with Crippen LogP contribution >= 0.6 is 15.9 Å². The Morgan fingerprint density at radius 2 is 1.81 bits per heavy atom. The van der Waals surface area contributed by atoms with Gasteiger partial charge in [0.05, 0.1) is 16.6 Å². The van der Waals surface area contributed by atoms with Crippen molar-refractivity contribution in [2.45, 2.75) is 18.6 Å². The first-order chi connectivity index (χ1) is 12.6. The molecule has 0 unspecified atom stereocenters. The van der Waals surface area contributed by atoms with Gasteiger partial charge in [0.2, 0.25) is 13.6 Å². The number of halogens is 1. The Labute approximate surface area is 159 Å². The molecule has 3 aliphatic heterocycles. The standard InChI is InChI=1S/C19H18BrNO5/c1-21-5-4-10-6-14-15(25-8-24-14)7-12(10)17(21)18(22)11-2-3-13-19(16(11)20)26-9-23-13/h2-3,6-7,17-18,22H,4-5,8-9H2,1H3/t17-,18-/m1/s1. The maximum Gasteiger partial charge on any atom is 0.231 e. The van der Waals surface area contributed by atoms with E-state index in [9.17, 15) is 5.11 Å². The highest BCUT2D eigenvalue weighted by Gasteiger charge is 2.35. The van der Waals surface area contributed by atoms with Crippen LogP contribution in [0.15, 0.2) is 28.7 Å². The van der Waals surface area contributed by atoms with Gasteiger partial charge in [-0.3, -0.25) is 4.90 Å². The van der Waals surface area contributed by atoms with Crippen LogP contribution in [-0.4, -0.2) is 37.2 Å². The number of benzene rings is 2. The quantitative estimate of drug-likeness (QED) is 0.806.